The number of hydrogen-bond donors (Lipinski definition) is 1. The molecule has 0 radical (unpaired) electrons. The molecule has 0 bridgehead atoms. The van der Waals surface area contributed by atoms with Crippen LogP contribution in [-0.4, -0.2) is 26.0 Å². The summed E-state index contributed by atoms with van der Waals surface area (Å²) >= 11 is 0. The quantitative estimate of drug-likeness (QED) is 0.811. The third-order valence-corrected chi connectivity index (χ3v) is 5.63. The van der Waals surface area contributed by atoms with Crippen LogP contribution < -0.4 is 0 Å². The number of pyridine rings is 1. The summed E-state index contributed by atoms with van der Waals surface area (Å²) in [5, 5.41) is 8.87. The van der Waals surface area contributed by atoms with Crippen molar-refractivity contribution in [3.8, 4) is 11.8 Å². The number of fused-ring (bicyclic) bond motifs is 1. The number of hydrogen-bond acceptors (Lipinski definition) is 3. The smallest absolute Gasteiger partial charge is 0.337 e. The largest absolute Gasteiger partial charge is 0.478 e. The molecule has 1 atom stereocenters. The van der Waals surface area contributed by atoms with Crippen LogP contribution in [0.3, 0.4) is 0 Å². The van der Waals surface area contributed by atoms with Crippen molar-refractivity contribution in [2.45, 2.75) is 30.6 Å². The summed E-state index contributed by atoms with van der Waals surface area (Å²) in [6.45, 7) is 4.32. The van der Waals surface area contributed by atoms with Gasteiger partial charge in [0, 0.05) is 22.4 Å². The number of aromatic nitrogens is 1. The Morgan fingerprint density at radius 3 is 2.71 bits per heavy atom. The predicted octanol–water partition coefficient (Wildman–Crippen LogP) is 2.97. The molecule has 5 heteroatoms. The van der Waals surface area contributed by atoms with E-state index in [1.54, 1.807) is 6.07 Å². The van der Waals surface area contributed by atoms with Crippen molar-refractivity contribution < 1.29 is 14.1 Å². The molecule has 0 fully saturated rings. The van der Waals surface area contributed by atoms with Crippen LogP contribution in [0.1, 0.15) is 47.4 Å². The van der Waals surface area contributed by atoms with Gasteiger partial charge in [-0.3, -0.25) is 4.21 Å². The Bertz CT molecular complexity index is 889. The van der Waals surface area contributed by atoms with Crippen molar-refractivity contribution >= 4 is 16.8 Å². The summed E-state index contributed by atoms with van der Waals surface area (Å²) in [4.78, 5) is 15.8. The summed E-state index contributed by atoms with van der Waals surface area (Å²) in [7, 11) is -0.933. The Balaban J connectivity index is 1.92. The lowest BCUT2D eigenvalue weighted by atomic mass is 9.81. The highest BCUT2D eigenvalue weighted by atomic mass is 32.2. The van der Waals surface area contributed by atoms with E-state index < -0.39 is 16.8 Å². The number of aromatic carboxylic acids is 1. The molecule has 0 unspecified atom stereocenters. The molecule has 1 aromatic heterocycles. The molecule has 0 spiro atoms. The number of rotatable bonds is 1. The first-order valence-corrected chi connectivity index (χ1v) is 8.93. The van der Waals surface area contributed by atoms with E-state index in [9.17, 15) is 9.00 Å². The van der Waals surface area contributed by atoms with E-state index in [0.717, 1.165) is 22.4 Å². The minimum atomic E-state index is -1.01. The first kappa shape index (κ1) is 16.4. The second-order valence-electron chi connectivity index (χ2n) is 6.38. The molecule has 24 heavy (non-hydrogen) atoms. The van der Waals surface area contributed by atoms with Gasteiger partial charge in [-0.15, -0.1) is 0 Å². The first-order chi connectivity index (χ1) is 11.4. The van der Waals surface area contributed by atoms with Crippen molar-refractivity contribution in [3.63, 3.8) is 0 Å². The molecule has 122 valence electrons. The predicted molar refractivity (Wildman–Crippen MR) is 92.5 cm³/mol. The van der Waals surface area contributed by atoms with Crippen LogP contribution in [0.15, 0.2) is 41.4 Å². The van der Waals surface area contributed by atoms with Gasteiger partial charge in [-0.25, -0.2) is 9.78 Å². The summed E-state index contributed by atoms with van der Waals surface area (Å²) in [6, 6.07) is 8.85. The average Bonchev–Trinajstić information content (AvgIpc) is 2.57. The molecule has 3 rings (SSSR count). The second kappa shape index (κ2) is 6.21. The molecule has 0 amide bonds. The van der Waals surface area contributed by atoms with Gasteiger partial charge in [-0.05, 0) is 53.7 Å². The summed E-state index contributed by atoms with van der Waals surface area (Å²) in [5.74, 6) is 5.69. The van der Waals surface area contributed by atoms with Gasteiger partial charge < -0.3 is 5.11 Å². The van der Waals surface area contributed by atoms with E-state index in [0.29, 0.717) is 11.4 Å². The number of carboxylic acids is 1. The molecular formula is C19H17NO3S. The zero-order valence-electron chi connectivity index (χ0n) is 13.5. The van der Waals surface area contributed by atoms with Crippen LogP contribution in [-0.2, 0) is 16.2 Å². The van der Waals surface area contributed by atoms with E-state index in [1.807, 2.05) is 18.2 Å². The fourth-order valence-electron chi connectivity index (χ4n) is 2.66. The van der Waals surface area contributed by atoms with Gasteiger partial charge >= 0.3 is 5.97 Å². The molecule has 2 aromatic rings. The number of carboxylic acid groups (broad SMARTS) is 1. The molecule has 1 aliphatic rings. The number of benzene rings is 1. The Morgan fingerprint density at radius 2 is 2.04 bits per heavy atom. The maximum atomic E-state index is 12.2. The highest BCUT2D eigenvalue weighted by molar-refractivity contribution is 7.85. The molecule has 1 N–H and O–H groups in total. The van der Waals surface area contributed by atoms with Crippen LogP contribution in [0.4, 0.5) is 0 Å². The minimum Gasteiger partial charge on any atom is -0.478 e. The van der Waals surface area contributed by atoms with E-state index >= 15 is 0 Å². The Labute approximate surface area is 143 Å². The molecule has 0 saturated heterocycles. The van der Waals surface area contributed by atoms with Gasteiger partial charge in [0.25, 0.3) is 0 Å². The Kier molecular flexibility index (Phi) is 4.25. The van der Waals surface area contributed by atoms with Crippen LogP contribution in [0.25, 0.3) is 0 Å². The van der Waals surface area contributed by atoms with Gasteiger partial charge in [-0.2, -0.15) is 0 Å². The van der Waals surface area contributed by atoms with Crippen LogP contribution in [0.2, 0.25) is 0 Å². The van der Waals surface area contributed by atoms with Gasteiger partial charge in [0.1, 0.15) is 5.69 Å². The zero-order valence-corrected chi connectivity index (χ0v) is 14.3. The van der Waals surface area contributed by atoms with Gasteiger partial charge in [0.2, 0.25) is 0 Å². The molecule has 4 nitrogen and oxygen atoms in total. The molecule has 2 heterocycles. The topological polar surface area (TPSA) is 67.3 Å². The maximum Gasteiger partial charge on any atom is 0.337 e. The van der Waals surface area contributed by atoms with E-state index in [-0.39, 0.29) is 11.0 Å². The molecule has 1 aliphatic heterocycles. The molecule has 0 aliphatic carbocycles. The fourth-order valence-corrected chi connectivity index (χ4v) is 4.37. The highest BCUT2D eigenvalue weighted by Gasteiger charge is 2.31. The molecule has 1 aromatic carbocycles. The van der Waals surface area contributed by atoms with Gasteiger partial charge in [0.05, 0.1) is 16.4 Å². The van der Waals surface area contributed by atoms with Crippen LogP contribution in [0, 0.1) is 11.8 Å². The normalized spacial score (nSPS) is 18.2. The van der Waals surface area contributed by atoms with E-state index in [1.165, 1.54) is 12.3 Å². The first-order valence-electron chi connectivity index (χ1n) is 7.61. The van der Waals surface area contributed by atoms with Crippen molar-refractivity contribution in [2.75, 3.05) is 5.75 Å². The lowest BCUT2D eigenvalue weighted by molar-refractivity contribution is 0.0696. The summed E-state index contributed by atoms with van der Waals surface area (Å²) < 4.78 is 12.2. The van der Waals surface area contributed by atoms with Crippen molar-refractivity contribution in [1.29, 1.82) is 0 Å². The minimum absolute atomic E-state index is 0.0116. The Hall–Kier alpha value is -2.45. The summed E-state index contributed by atoms with van der Waals surface area (Å²) in [6.07, 6.45) is 2.19. The van der Waals surface area contributed by atoms with Crippen molar-refractivity contribution in [3.05, 3.63) is 58.9 Å². The molecule has 0 saturated carbocycles. The van der Waals surface area contributed by atoms with Gasteiger partial charge in [-0.1, -0.05) is 19.8 Å². The summed E-state index contributed by atoms with van der Waals surface area (Å²) in [5.41, 5.74) is 2.57. The van der Waals surface area contributed by atoms with Gasteiger partial charge in [0.15, 0.2) is 0 Å². The third kappa shape index (κ3) is 3.24. The van der Waals surface area contributed by atoms with E-state index in [4.69, 9.17) is 5.11 Å². The fraction of sp³-hybridized carbons (Fsp3) is 0.263. The third-order valence-electron chi connectivity index (χ3n) is 4.21. The second-order valence-corrected chi connectivity index (χ2v) is 7.92. The standard InChI is InChI=1S/C19H17NO3S/c1-19(2)9-10-24(23)17-8-4-13(11-16(17)19)3-6-15-7-5-14(12-20-15)18(21)22/h4-5,7-8,11-12H,9-10H2,1-2H3,(H,21,22)/t24-/m1/s1. The van der Waals surface area contributed by atoms with Crippen molar-refractivity contribution in [1.82, 2.24) is 4.98 Å². The van der Waals surface area contributed by atoms with E-state index in [2.05, 4.69) is 30.7 Å². The average molecular weight is 339 g/mol. The van der Waals surface area contributed by atoms with Crippen molar-refractivity contribution in [2.24, 2.45) is 0 Å². The van der Waals surface area contributed by atoms with Crippen LogP contribution >= 0.6 is 0 Å². The zero-order chi connectivity index (χ0) is 17.3. The lowest BCUT2D eigenvalue weighted by Crippen LogP contribution is -2.27. The SMILES string of the molecule is CC1(C)CC[S@@](=O)c2ccc(C#Cc3ccc(C(=O)O)cn3)cc21. The Morgan fingerprint density at radius 1 is 1.25 bits per heavy atom. The number of nitrogens with zero attached hydrogens (tertiary/aromatic N) is 1. The molecular weight excluding hydrogens is 322 g/mol. The maximum absolute atomic E-state index is 12.2. The highest BCUT2D eigenvalue weighted by Crippen LogP contribution is 2.37. The van der Waals surface area contributed by atoms with Crippen LogP contribution in [0.5, 0.6) is 0 Å². The monoisotopic (exact) mass is 339 g/mol. The lowest BCUT2D eigenvalue weighted by Gasteiger charge is -2.31. The number of carbonyl (C=O) groups is 1.